The number of aromatic nitrogens is 4. The molecule has 32 heavy (non-hydrogen) atoms. The average molecular weight is 435 g/mol. The lowest BCUT2D eigenvalue weighted by atomic mass is 10.0. The molecule has 1 atom stereocenters. The Bertz CT molecular complexity index is 1320. The van der Waals surface area contributed by atoms with Gasteiger partial charge in [0.05, 0.1) is 35.2 Å². The summed E-state index contributed by atoms with van der Waals surface area (Å²) in [5.41, 5.74) is 5.66. The Kier molecular flexibility index (Phi) is 5.09. The van der Waals surface area contributed by atoms with Crippen LogP contribution >= 0.6 is 0 Å². The second kappa shape index (κ2) is 7.94. The van der Waals surface area contributed by atoms with Gasteiger partial charge in [0, 0.05) is 54.8 Å². The molecule has 3 heterocycles. The number of rotatable bonds is 3. The van der Waals surface area contributed by atoms with E-state index in [0.717, 1.165) is 28.7 Å². The molecule has 0 radical (unpaired) electrons. The minimum atomic E-state index is -0.626. The highest BCUT2D eigenvalue weighted by Crippen LogP contribution is 2.35. The number of nitrogens with zero attached hydrogens (tertiary/aromatic N) is 5. The Balaban J connectivity index is 1.62. The van der Waals surface area contributed by atoms with Gasteiger partial charge < -0.3 is 9.64 Å². The first-order valence-corrected chi connectivity index (χ1v) is 10.5. The van der Waals surface area contributed by atoms with E-state index in [4.69, 9.17) is 9.72 Å². The average Bonchev–Trinajstić information content (AvgIpc) is 3.21. The predicted octanol–water partition coefficient (Wildman–Crippen LogP) is 4.50. The van der Waals surface area contributed by atoms with Gasteiger partial charge in [0.2, 0.25) is 0 Å². The second-order valence-corrected chi connectivity index (χ2v) is 8.13. The van der Waals surface area contributed by atoms with E-state index in [1.54, 1.807) is 4.68 Å². The number of anilines is 1. The number of ether oxygens (including phenoxy) is 1. The lowest BCUT2D eigenvalue weighted by Gasteiger charge is -2.34. The minimum Gasteiger partial charge on any atom is -0.370 e. The van der Waals surface area contributed by atoms with Crippen LogP contribution in [0.4, 0.5) is 14.5 Å². The quantitative estimate of drug-likeness (QED) is 0.474. The molecule has 1 fully saturated rings. The number of fused-ring (bicyclic) bond motifs is 1. The second-order valence-electron chi connectivity index (χ2n) is 8.13. The SMILES string of the molecule is Cc1nc2cc(N3CCOC(c4cnn(C)c4)C3)cc(-c3ccc(F)cc3F)c2nc1C. The van der Waals surface area contributed by atoms with E-state index in [1.165, 1.54) is 12.1 Å². The zero-order valence-corrected chi connectivity index (χ0v) is 18.1. The highest BCUT2D eigenvalue weighted by Gasteiger charge is 2.25. The molecular weight excluding hydrogens is 412 g/mol. The summed E-state index contributed by atoms with van der Waals surface area (Å²) in [4.78, 5) is 11.6. The van der Waals surface area contributed by atoms with Gasteiger partial charge in [-0.3, -0.25) is 4.68 Å². The van der Waals surface area contributed by atoms with Crippen molar-refractivity contribution in [1.82, 2.24) is 19.7 Å². The van der Waals surface area contributed by atoms with Crippen molar-refractivity contribution >= 4 is 16.7 Å². The molecule has 1 aliphatic rings. The molecule has 0 aliphatic carbocycles. The van der Waals surface area contributed by atoms with Crippen molar-refractivity contribution in [2.24, 2.45) is 7.05 Å². The van der Waals surface area contributed by atoms with Gasteiger partial charge in [0.1, 0.15) is 17.7 Å². The van der Waals surface area contributed by atoms with Gasteiger partial charge in [0.15, 0.2) is 0 Å². The summed E-state index contributed by atoms with van der Waals surface area (Å²) < 4.78 is 36.1. The first kappa shape index (κ1) is 20.5. The topological polar surface area (TPSA) is 56.1 Å². The van der Waals surface area contributed by atoms with Gasteiger partial charge in [-0.15, -0.1) is 0 Å². The van der Waals surface area contributed by atoms with E-state index in [9.17, 15) is 8.78 Å². The van der Waals surface area contributed by atoms with E-state index in [1.807, 2.05) is 45.4 Å². The summed E-state index contributed by atoms with van der Waals surface area (Å²) >= 11 is 0. The maximum atomic E-state index is 14.8. The normalized spacial score (nSPS) is 16.7. The number of hydrogen-bond donors (Lipinski definition) is 0. The number of morpholine rings is 1. The van der Waals surface area contributed by atoms with Crippen LogP contribution in [-0.2, 0) is 11.8 Å². The highest BCUT2D eigenvalue weighted by molar-refractivity contribution is 5.95. The van der Waals surface area contributed by atoms with Gasteiger partial charge in [-0.05, 0) is 38.1 Å². The van der Waals surface area contributed by atoms with E-state index < -0.39 is 11.6 Å². The molecule has 0 spiro atoms. The van der Waals surface area contributed by atoms with Gasteiger partial charge in [-0.2, -0.15) is 5.10 Å². The molecule has 5 rings (SSSR count). The molecule has 4 aromatic rings. The molecular formula is C24H23F2N5O. The lowest BCUT2D eigenvalue weighted by Crippen LogP contribution is -2.38. The Labute approximate surface area is 184 Å². The van der Waals surface area contributed by atoms with Gasteiger partial charge in [-0.1, -0.05) is 0 Å². The first-order chi connectivity index (χ1) is 15.4. The van der Waals surface area contributed by atoms with E-state index in [2.05, 4.69) is 15.0 Å². The maximum absolute atomic E-state index is 14.8. The van der Waals surface area contributed by atoms with Crippen molar-refractivity contribution in [3.8, 4) is 11.1 Å². The van der Waals surface area contributed by atoms with Crippen molar-refractivity contribution in [2.45, 2.75) is 20.0 Å². The highest BCUT2D eigenvalue weighted by atomic mass is 19.1. The summed E-state index contributed by atoms with van der Waals surface area (Å²) in [5, 5.41) is 4.25. The molecule has 164 valence electrons. The molecule has 0 amide bonds. The predicted molar refractivity (Wildman–Crippen MR) is 118 cm³/mol. The number of hydrogen-bond acceptors (Lipinski definition) is 5. The summed E-state index contributed by atoms with van der Waals surface area (Å²) in [6.07, 6.45) is 3.64. The van der Waals surface area contributed by atoms with Crippen LogP contribution in [0.3, 0.4) is 0 Å². The summed E-state index contributed by atoms with van der Waals surface area (Å²) in [6, 6.07) is 7.50. The molecule has 2 aromatic heterocycles. The molecule has 0 bridgehead atoms. The Morgan fingerprint density at radius 1 is 1.03 bits per heavy atom. The van der Waals surface area contributed by atoms with Crippen molar-refractivity contribution in [2.75, 3.05) is 24.6 Å². The zero-order chi connectivity index (χ0) is 22.4. The third-order valence-corrected chi connectivity index (χ3v) is 5.92. The third-order valence-electron chi connectivity index (χ3n) is 5.92. The van der Waals surface area contributed by atoms with E-state index in [-0.39, 0.29) is 6.10 Å². The summed E-state index contributed by atoms with van der Waals surface area (Å²) in [6.45, 7) is 5.64. The maximum Gasteiger partial charge on any atom is 0.134 e. The van der Waals surface area contributed by atoms with Crippen LogP contribution < -0.4 is 4.90 Å². The molecule has 8 heteroatoms. The fourth-order valence-corrected chi connectivity index (χ4v) is 4.10. The zero-order valence-electron chi connectivity index (χ0n) is 18.1. The van der Waals surface area contributed by atoms with Crippen LogP contribution in [0.2, 0.25) is 0 Å². The lowest BCUT2D eigenvalue weighted by molar-refractivity contribution is 0.0397. The molecule has 1 saturated heterocycles. The van der Waals surface area contributed by atoms with Crippen LogP contribution in [-0.4, -0.2) is 39.4 Å². The van der Waals surface area contributed by atoms with E-state index in [0.29, 0.717) is 41.9 Å². The Hall–Kier alpha value is -3.39. The standard InChI is InChI=1S/C24H23F2N5O/c1-14-15(2)29-24-20(19-5-4-17(25)8-21(19)26)9-18(10-22(24)28-14)31-6-7-32-23(13-31)16-11-27-30(3)12-16/h4-5,8-12,23H,6-7,13H2,1-3H3. The molecule has 2 aromatic carbocycles. The molecule has 0 saturated carbocycles. The van der Waals surface area contributed by atoms with Gasteiger partial charge >= 0.3 is 0 Å². The Morgan fingerprint density at radius 2 is 1.84 bits per heavy atom. The van der Waals surface area contributed by atoms with Crippen molar-refractivity contribution in [1.29, 1.82) is 0 Å². The fourth-order valence-electron chi connectivity index (χ4n) is 4.10. The monoisotopic (exact) mass is 435 g/mol. The van der Waals surface area contributed by atoms with Crippen molar-refractivity contribution < 1.29 is 13.5 Å². The first-order valence-electron chi connectivity index (χ1n) is 10.5. The Morgan fingerprint density at radius 3 is 2.59 bits per heavy atom. The van der Waals surface area contributed by atoms with Crippen molar-refractivity contribution in [3.63, 3.8) is 0 Å². The van der Waals surface area contributed by atoms with Crippen LogP contribution in [0, 0.1) is 25.5 Å². The fraction of sp³-hybridized carbons (Fsp3) is 0.292. The number of halogens is 2. The van der Waals surface area contributed by atoms with Crippen LogP contribution in [0.25, 0.3) is 22.2 Å². The molecule has 1 unspecified atom stereocenters. The third kappa shape index (κ3) is 3.71. The summed E-state index contributed by atoms with van der Waals surface area (Å²) in [5.74, 6) is -1.24. The molecule has 0 N–H and O–H groups in total. The smallest absolute Gasteiger partial charge is 0.134 e. The van der Waals surface area contributed by atoms with Gasteiger partial charge in [-0.25, -0.2) is 18.7 Å². The van der Waals surface area contributed by atoms with Gasteiger partial charge in [0.25, 0.3) is 0 Å². The van der Waals surface area contributed by atoms with Crippen molar-refractivity contribution in [3.05, 3.63) is 71.3 Å². The largest absolute Gasteiger partial charge is 0.370 e. The summed E-state index contributed by atoms with van der Waals surface area (Å²) in [7, 11) is 1.87. The molecule has 6 nitrogen and oxygen atoms in total. The number of aryl methyl sites for hydroxylation is 3. The van der Waals surface area contributed by atoms with Crippen LogP contribution in [0.15, 0.2) is 42.7 Å². The van der Waals surface area contributed by atoms with Crippen LogP contribution in [0.1, 0.15) is 23.1 Å². The van der Waals surface area contributed by atoms with Crippen LogP contribution in [0.5, 0.6) is 0 Å². The minimum absolute atomic E-state index is 0.120. The molecule has 1 aliphatic heterocycles. The number of benzene rings is 2. The van der Waals surface area contributed by atoms with E-state index >= 15 is 0 Å².